The van der Waals surface area contributed by atoms with Gasteiger partial charge in [0.25, 0.3) is 0 Å². The number of aliphatic hydroxyl groups excluding tert-OH is 1. The summed E-state index contributed by atoms with van der Waals surface area (Å²) in [4.78, 5) is 16.0. The van der Waals surface area contributed by atoms with Crippen LogP contribution in [-0.2, 0) is 4.79 Å². The number of benzene rings is 2. The highest BCUT2D eigenvalue weighted by Crippen LogP contribution is 2.25. The molecular formula is C25H25FN2O4. The van der Waals surface area contributed by atoms with Crippen LogP contribution in [0.4, 0.5) is 4.39 Å². The van der Waals surface area contributed by atoms with Crippen molar-refractivity contribution < 1.29 is 23.8 Å². The lowest BCUT2D eigenvalue weighted by Crippen LogP contribution is -2.26. The summed E-state index contributed by atoms with van der Waals surface area (Å²) in [5.74, 6) is 0.242. The van der Waals surface area contributed by atoms with Crippen LogP contribution in [0, 0.1) is 5.82 Å². The van der Waals surface area contributed by atoms with E-state index in [4.69, 9.17) is 9.47 Å². The number of ether oxygens (including phenoxy) is 2. The van der Waals surface area contributed by atoms with Gasteiger partial charge in [-0.2, -0.15) is 0 Å². The van der Waals surface area contributed by atoms with Crippen LogP contribution in [0.25, 0.3) is 6.08 Å². The smallest absolute Gasteiger partial charge is 0.244 e. The van der Waals surface area contributed by atoms with Crippen molar-refractivity contribution in [2.45, 2.75) is 26.1 Å². The molecule has 1 aromatic heterocycles. The molecule has 0 bridgehead atoms. The Labute approximate surface area is 186 Å². The number of hydrogen-bond donors (Lipinski definition) is 2. The Hall–Kier alpha value is -3.71. The fraction of sp³-hybridized carbons (Fsp3) is 0.200. The average Bonchev–Trinajstić information content (AvgIpc) is 2.78. The molecule has 0 saturated heterocycles. The number of nitrogens with one attached hydrogen (secondary N) is 1. The molecule has 1 heterocycles. The summed E-state index contributed by atoms with van der Waals surface area (Å²) in [6.07, 6.45) is 5.05. The van der Waals surface area contributed by atoms with Crippen LogP contribution >= 0.6 is 0 Å². The predicted octanol–water partition coefficient (Wildman–Crippen LogP) is 4.66. The SMILES string of the molecule is CC(C)Oc1ccc(C(O)CNC(=O)/C=C/c2ccc(Oc3cccnc3)c(F)c2)cc1. The number of nitrogens with zero attached hydrogens (tertiary/aromatic N) is 1. The van der Waals surface area contributed by atoms with E-state index in [9.17, 15) is 14.3 Å². The van der Waals surface area contributed by atoms with Crippen LogP contribution in [0.15, 0.2) is 73.1 Å². The van der Waals surface area contributed by atoms with Crippen molar-refractivity contribution in [2.75, 3.05) is 6.54 Å². The second-order valence-corrected chi connectivity index (χ2v) is 7.31. The first-order chi connectivity index (χ1) is 15.4. The molecule has 3 rings (SSSR count). The molecule has 0 spiro atoms. The minimum atomic E-state index is -0.859. The second kappa shape index (κ2) is 11.1. The monoisotopic (exact) mass is 436 g/mol. The first kappa shape index (κ1) is 23.0. The van der Waals surface area contributed by atoms with Crippen LogP contribution in [-0.4, -0.2) is 28.6 Å². The number of pyridine rings is 1. The van der Waals surface area contributed by atoms with E-state index in [2.05, 4.69) is 10.3 Å². The molecule has 0 aliphatic heterocycles. The van der Waals surface area contributed by atoms with Crippen LogP contribution in [0.1, 0.15) is 31.1 Å². The van der Waals surface area contributed by atoms with Crippen LogP contribution in [0.3, 0.4) is 0 Å². The van der Waals surface area contributed by atoms with Crippen molar-refractivity contribution in [3.8, 4) is 17.2 Å². The van der Waals surface area contributed by atoms with Gasteiger partial charge in [0.2, 0.25) is 5.91 Å². The third-order valence-corrected chi connectivity index (χ3v) is 4.35. The molecule has 0 aliphatic carbocycles. The van der Waals surface area contributed by atoms with Crippen molar-refractivity contribution >= 4 is 12.0 Å². The van der Waals surface area contributed by atoms with E-state index in [1.165, 1.54) is 30.5 Å². The molecule has 6 nitrogen and oxygen atoms in total. The van der Waals surface area contributed by atoms with Gasteiger partial charge < -0.3 is 19.9 Å². The number of rotatable bonds is 9. The minimum Gasteiger partial charge on any atom is -0.491 e. The predicted molar refractivity (Wildman–Crippen MR) is 120 cm³/mol. The van der Waals surface area contributed by atoms with Gasteiger partial charge in [-0.25, -0.2) is 4.39 Å². The lowest BCUT2D eigenvalue weighted by Gasteiger charge is -2.13. The summed E-state index contributed by atoms with van der Waals surface area (Å²) >= 11 is 0. The Morgan fingerprint density at radius 2 is 1.94 bits per heavy atom. The average molecular weight is 436 g/mol. The summed E-state index contributed by atoms with van der Waals surface area (Å²) in [6.45, 7) is 3.91. The normalized spacial score (nSPS) is 12.0. The van der Waals surface area contributed by atoms with E-state index in [1.54, 1.807) is 48.7 Å². The van der Waals surface area contributed by atoms with Crippen molar-refractivity contribution in [3.05, 3.63) is 90.0 Å². The summed E-state index contributed by atoms with van der Waals surface area (Å²) in [6, 6.07) is 14.8. The number of halogens is 1. The zero-order valence-corrected chi connectivity index (χ0v) is 17.9. The Bertz CT molecular complexity index is 1050. The molecule has 0 saturated carbocycles. The Morgan fingerprint density at radius 1 is 1.16 bits per heavy atom. The Kier molecular flexibility index (Phi) is 7.94. The van der Waals surface area contributed by atoms with Gasteiger partial charge in [-0.05, 0) is 67.4 Å². The highest BCUT2D eigenvalue weighted by Gasteiger charge is 2.10. The van der Waals surface area contributed by atoms with Gasteiger partial charge in [-0.1, -0.05) is 18.2 Å². The van der Waals surface area contributed by atoms with E-state index in [-0.39, 0.29) is 18.4 Å². The molecule has 7 heteroatoms. The highest BCUT2D eigenvalue weighted by molar-refractivity contribution is 5.91. The second-order valence-electron chi connectivity index (χ2n) is 7.31. The zero-order valence-electron chi connectivity index (χ0n) is 17.9. The van der Waals surface area contributed by atoms with Gasteiger partial charge in [0.1, 0.15) is 11.5 Å². The molecule has 1 atom stereocenters. The van der Waals surface area contributed by atoms with E-state index in [0.29, 0.717) is 22.6 Å². The van der Waals surface area contributed by atoms with Crippen LogP contribution < -0.4 is 14.8 Å². The maximum absolute atomic E-state index is 14.3. The number of carbonyl (C=O) groups excluding carboxylic acids is 1. The first-order valence-electron chi connectivity index (χ1n) is 10.2. The maximum Gasteiger partial charge on any atom is 0.244 e. The molecule has 2 N–H and O–H groups in total. The fourth-order valence-corrected chi connectivity index (χ4v) is 2.82. The topological polar surface area (TPSA) is 80.7 Å². The van der Waals surface area contributed by atoms with Gasteiger partial charge >= 0.3 is 0 Å². The standard InChI is InChI=1S/C25H25FN2O4/c1-17(2)31-20-9-7-19(8-10-20)23(29)16-28-25(30)12-6-18-5-11-24(22(26)14-18)32-21-4-3-13-27-15-21/h3-15,17,23,29H,16H2,1-2H3,(H,28,30)/b12-6+. The van der Waals surface area contributed by atoms with E-state index >= 15 is 0 Å². The van der Waals surface area contributed by atoms with Gasteiger partial charge in [0.05, 0.1) is 18.4 Å². The van der Waals surface area contributed by atoms with Gasteiger partial charge in [-0.15, -0.1) is 0 Å². The van der Waals surface area contributed by atoms with Crippen molar-refractivity contribution in [2.24, 2.45) is 0 Å². The molecule has 0 radical (unpaired) electrons. The highest BCUT2D eigenvalue weighted by atomic mass is 19.1. The summed E-state index contributed by atoms with van der Waals surface area (Å²) in [5, 5.41) is 12.9. The molecule has 1 unspecified atom stereocenters. The van der Waals surface area contributed by atoms with Gasteiger partial charge in [-0.3, -0.25) is 9.78 Å². The number of carbonyl (C=O) groups is 1. The van der Waals surface area contributed by atoms with Crippen molar-refractivity contribution in [3.63, 3.8) is 0 Å². The first-order valence-corrected chi connectivity index (χ1v) is 10.2. The number of aliphatic hydroxyl groups is 1. The molecule has 166 valence electrons. The van der Waals surface area contributed by atoms with Gasteiger partial charge in [0.15, 0.2) is 11.6 Å². The fourth-order valence-electron chi connectivity index (χ4n) is 2.82. The van der Waals surface area contributed by atoms with E-state index in [1.807, 2.05) is 13.8 Å². The van der Waals surface area contributed by atoms with E-state index in [0.717, 1.165) is 0 Å². The quantitative estimate of drug-likeness (QED) is 0.477. The summed E-state index contributed by atoms with van der Waals surface area (Å²) < 4.78 is 25.3. The van der Waals surface area contributed by atoms with Crippen LogP contribution in [0.2, 0.25) is 0 Å². The lowest BCUT2D eigenvalue weighted by molar-refractivity contribution is -0.116. The summed E-state index contributed by atoms with van der Waals surface area (Å²) in [7, 11) is 0. The molecule has 3 aromatic rings. The maximum atomic E-state index is 14.3. The largest absolute Gasteiger partial charge is 0.491 e. The minimum absolute atomic E-state index is 0.0415. The van der Waals surface area contributed by atoms with Crippen LogP contribution in [0.5, 0.6) is 17.2 Å². The Balaban J connectivity index is 1.51. The van der Waals surface area contributed by atoms with Crippen molar-refractivity contribution in [1.82, 2.24) is 10.3 Å². The summed E-state index contributed by atoms with van der Waals surface area (Å²) in [5.41, 5.74) is 1.16. The number of amides is 1. The number of aromatic nitrogens is 1. The molecular weight excluding hydrogens is 411 g/mol. The van der Waals surface area contributed by atoms with E-state index < -0.39 is 17.8 Å². The third kappa shape index (κ3) is 6.92. The van der Waals surface area contributed by atoms with Crippen molar-refractivity contribution in [1.29, 1.82) is 0 Å². The lowest BCUT2D eigenvalue weighted by atomic mass is 10.1. The molecule has 0 fully saturated rings. The zero-order chi connectivity index (χ0) is 22.9. The molecule has 2 aromatic carbocycles. The third-order valence-electron chi connectivity index (χ3n) is 4.35. The Morgan fingerprint density at radius 3 is 2.59 bits per heavy atom. The van der Waals surface area contributed by atoms with Gasteiger partial charge in [0, 0.05) is 18.8 Å². The molecule has 0 aliphatic rings. The molecule has 32 heavy (non-hydrogen) atoms. The number of hydrogen-bond acceptors (Lipinski definition) is 5. The molecule has 1 amide bonds.